The van der Waals surface area contributed by atoms with E-state index < -0.39 is 0 Å². The molecule has 0 aliphatic carbocycles. The predicted octanol–water partition coefficient (Wildman–Crippen LogP) is 1.01. The number of allylic oxidation sites excluding steroid dienone is 1. The Morgan fingerprint density at radius 2 is 2.06 bits per heavy atom. The van der Waals surface area contributed by atoms with E-state index in [1.165, 1.54) is 12.8 Å². The van der Waals surface area contributed by atoms with Crippen LogP contribution in [0.4, 0.5) is 11.9 Å². The fourth-order valence-corrected chi connectivity index (χ4v) is 1.70. The maximum absolute atomic E-state index is 5.64. The van der Waals surface area contributed by atoms with Crippen LogP contribution >= 0.6 is 0 Å². The molecule has 17 heavy (non-hydrogen) atoms. The van der Waals surface area contributed by atoms with Gasteiger partial charge in [0.25, 0.3) is 0 Å². The van der Waals surface area contributed by atoms with Gasteiger partial charge in [-0.3, -0.25) is 0 Å². The van der Waals surface area contributed by atoms with E-state index in [-0.39, 0.29) is 12.0 Å². The van der Waals surface area contributed by atoms with Crippen molar-refractivity contribution in [3.05, 3.63) is 12.2 Å². The standard InChI is InChI=1S/C11H17N5O/c1-2-3-8-17-11-14-9(12)13-10(15-11)16-6-4-5-7-16/h2-3H,4-8H2,1H3,(H2,12,13,14,15)/b3-2+. The number of rotatable bonds is 4. The Balaban J connectivity index is 2.10. The maximum Gasteiger partial charge on any atom is 0.323 e. The summed E-state index contributed by atoms with van der Waals surface area (Å²) < 4.78 is 5.37. The van der Waals surface area contributed by atoms with Crippen molar-refractivity contribution in [2.75, 3.05) is 30.3 Å². The van der Waals surface area contributed by atoms with Gasteiger partial charge in [0.2, 0.25) is 11.9 Å². The molecule has 0 atom stereocenters. The van der Waals surface area contributed by atoms with E-state index >= 15 is 0 Å². The van der Waals surface area contributed by atoms with Crippen LogP contribution in [0.2, 0.25) is 0 Å². The molecule has 1 fully saturated rings. The lowest BCUT2D eigenvalue weighted by atomic mass is 10.4. The first kappa shape index (κ1) is 11.6. The lowest BCUT2D eigenvalue weighted by Gasteiger charge is -2.15. The van der Waals surface area contributed by atoms with E-state index in [4.69, 9.17) is 10.5 Å². The molecule has 1 aromatic rings. The molecule has 0 saturated carbocycles. The molecule has 0 aromatic carbocycles. The average Bonchev–Trinajstić information content (AvgIpc) is 2.82. The van der Waals surface area contributed by atoms with E-state index in [1.54, 1.807) is 0 Å². The van der Waals surface area contributed by atoms with E-state index in [0.717, 1.165) is 13.1 Å². The zero-order valence-corrected chi connectivity index (χ0v) is 9.96. The Hall–Kier alpha value is -1.85. The zero-order chi connectivity index (χ0) is 12.1. The second kappa shape index (κ2) is 5.47. The van der Waals surface area contributed by atoms with Gasteiger partial charge >= 0.3 is 6.01 Å². The fourth-order valence-electron chi connectivity index (χ4n) is 1.70. The number of nitrogen functional groups attached to an aromatic ring is 1. The molecule has 6 nitrogen and oxygen atoms in total. The van der Waals surface area contributed by atoms with Crippen molar-refractivity contribution in [1.82, 2.24) is 15.0 Å². The van der Waals surface area contributed by atoms with Gasteiger partial charge in [0.15, 0.2) is 0 Å². The van der Waals surface area contributed by atoms with Crippen LogP contribution < -0.4 is 15.4 Å². The van der Waals surface area contributed by atoms with Crippen molar-refractivity contribution in [3.63, 3.8) is 0 Å². The van der Waals surface area contributed by atoms with Crippen LogP contribution in [-0.4, -0.2) is 34.6 Å². The summed E-state index contributed by atoms with van der Waals surface area (Å²) in [5.41, 5.74) is 5.64. The SMILES string of the molecule is C/C=C/COc1nc(N)nc(N2CCCC2)n1. The molecule has 1 aromatic heterocycles. The lowest BCUT2D eigenvalue weighted by Crippen LogP contribution is -2.21. The summed E-state index contributed by atoms with van der Waals surface area (Å²) >= 11 is 0. The van der Waals surface area contributed by atoms with Gasteiger partial charge in [0.05, 0.1) is 0 Å². The van der Waals surface area contributed by atoms with Crippen LogP contribution in [0.25, 0.3) is 0 Å². The number of nitrogens with two attached hydrogens (primary N) is 1. The van der Waals surface area contributed by atoms with Crippen LogP contribution in [0.1, 0.15) is 19.8 Å². The molecule has 1 aliphatic rings. The smallest absolute Gasteiger partial charge is 0.323 e. The molecular formula is C11H17N5O. The minimum atomic E-state index is 0.206. The molecule has 2 rings (SSSR count). The van der Waals surface area contributed by atoms with Crippen molar-refractivity contribution in [1.29, 1.82) is 0 Å². The summed E-state index contributed by atoms with van der Waals surface area (Å²) in [7, 11) is 0. The average molecular weight is 235 g/mol. The van der Waals surface area contributed by atoms with Crippen LogP contribution in [0.15, 0.2) is 12.2 Å². The summed E-state index contributed by atoms with van der Waals surface area (Å²) in [6, 6.07) is 0.289. The minimum absolute atomic E-state index is 0.206. The van der Waals surface area contributed by atoms with Gasteiger partial charge in [0.1, 0.15) is 6.61 Å². The van der Waals surface area contributed by atoms with E-state index in [2.05, 4.69) is 19.9 Å². The molecule has 0 amide bonds. The number of anilines is 2. The second-order valence-electron chi connectivity index (χ2n) is 3.85. The normalized spacial score (nSPS) is 15.7. The van der Waals surface area contributed by atoms with Crippen LogP contribution in [-0.2, 0) is 0 Å². The highest BCUT2D eigenvalue weighted by molar-refractivity contribution is 5.36. The van der Waals surface area contributed by atoms with Gasteiger partial charge in [-0.15, -0.1) is 0 Å². The third-order valence-corrected chi connectivity index (χ3v) is 2.55. The molecular weight excluding hydrogens is 218 g/mol. The molecule has 6 heteroatoms. The van der Waals surface area contributed by atoms with Crippen molar-refractivity contribution in [3.8, 4) is 6.01 Å². The molecule has 0 unspecified atom stereocenters. The monoisotopic (exact) mass is 235 g/mol. The summed E-state index contributed by atoms with van der Waals surface area (Å²) in [6.45, 7) is 4.32. The quantitative estimate of drug-likeness (QED) is 0.785. The third-order valence-electron chi connectivity index (χ3n) is 2.55. The molecule has 2 heterocycles. The Kier molecular flexibility index (Phi) is 3.74. The van der Waals surface area contributed by atoms with E-state index in [1.807, 2.05) is 19.1 Å². The Morgan fingerprint density at radius 1 is 1.29 bits per heavy atom. The van der Waals surface area contributed by atoms with Crippen molar-refractivity contribution >= 4 is 11.9 Å². The topological polar surface area (TPSA) is 77.2 Å². The highest BCUT2D eigenvalue weighted by atomic mass is 16.5. The lowest BCUT2D eigenvalue weighted by molar-refractivity contribution is 0.332. The van der Waals surface area contributed by atoms with Crippen molar-refractivity contribution in [2.45, 2.75) is 19.8 Å². The Morgan fingerprint density at radius 3 is 2.76 bits per heavy atom. The summed E-state index contributed by atoms with van der Waals surface area (Å²) in [4.78, 5) is 14.4. The van der Waals surface area contributed by atoms with Gasteiger partial charge in [-0.25, -0.2) is 0 Å². The van der Waals surface area contributed by atoms with Crippen molar-refractivity contribution in [2.24, 2.45) is 0 Å². The Bertz CT molecular complexity index is 401. The van der Waals surface area contributed by atoms with Crippen LogP contribution in [0.5, 0.6) is 6.01 Å². The number of hydrogen-bond acceptors (Lipinski definition) is 6. The van der Waals surface area contributed by atoms with Gasteiger partial charge in [-0.05, 0) is 19.8 Å². The second-order valence-corrected chi connectivity index (χ2v) is 3.85. The summed E-state index contributed by atoms with van der Waals surface area (Å²) in [5.74, 6) is 0.822. The van der Waals surface area contributed by atoms with Gasteiger partial charge in [-0.2, -0.15) is 15.0 Å². The summed E-state index contributed by atoms with van der Waals surface area (Å²) in [6.07, 6.45) is 6.13. The summed E-state index contributed by atoms with van der Waals surface area (Å²) in [5, 5.41) is 0. The first-order valence-corrected chi connectivity index (χ1v) is 5.80. The number of nitrogens with zero attached hydrogens (tertiary/aromatic N) is 4. The van der Waals surface area contributed by atoms with Crippen molar-refractivity contribution < 1.29 is 4.74 Å². The first-order valence-electron chi connectivity index (χ1n) is 5.80. The number of hydrogen-bond donors (Lipinski definition) is 1. The minimum Gasteiger partial charge on any atom is -0.459 e. The van der Waals surface area contributed by atoms with E-state index in [0.29, 0.717) is 12.6 Å². The molecule has 1 aliphatic heterocycles. The van der Waals surface area contributed by atoms with Gasteiger partial charge < -0.3 is 15.4 Å². The zero-order valence-electron chi connectivity index (χ0n) is 9.96. The fraction of sp³-hybridized carbons (Fsp3) is 0.545. The van der Waals surface area contributed by atoms with Gasteiger partial charge in [0, 0.05) is 13.1 Å². The maximum atomic E-state index is 5.64. The van der Waals surface area contributed by atoms with Gasteiger partial charge in [-0.1, -0.05) is 12.2 Å². The highest BCUT2D eigenvalue weighted by Gasteiger charge is 2.16. The predicted molar refractivity (Wildman–Crippen MR) is 66.0 cm³/mol. The van der Waals surface area contributed by atoms with E-state index in [9.17, 15) is 0 Å². The van der Waals surface area contributed by atoms with Crippen LogP contribution in [0, 0.1) is 0 Å². The highest BCUT2D eigenvalue weighted by Crippen LogP contribution is 2.18. The van der Waals surface area contributed by atoms with Crippen LogP contribution in [0.3, 0.4) is 0 Å². The molecule has 1 saturated heterocycles. The molecule has 92 valence electrons. The number of ether oxygens (including phenoxy) is 1. The largest absolute Gasteiger partial charge is 0.459 e. The Labute approximate surface area is 101 Å². The first-order chi connectivity index (χ1) is 8.29. The molecule has 0 spiro atoms. The molecule has 0 radical (unpaired) electrons. The third kappa shape index (κ3) is 3.05. The number of aromatic nitrogens is 3. The molecule has 2 N–H and O–H groups in total. The molecule has 0 bridgehead atoms.